The topological polar surface area (TPSA) is 92.7 Å². The van der Waals surface area contributed by atoms with Crippen LogP contribution < -0.4 is 4.72 Å². The number of aliphatic hydroxyl groups is 1. The maximum atomic E-state index is 11.7. The Balaban J connectivity index is 2.85. The second-order valence-electron chi connectivity index (χ2n) is 3.37. The Bertz CT molecular complexity index is 495. The molecule has 100 valence electrons. The monoisotopic (exact) mass is 273 g/mol. The number of sulfonamides is 1. The van der Waals surface area contributed by atoms with Crippen LogP contribution in [0.5, 0.6) is 0 Å². The van der Waals surface area contributed by atoms with Gasteiger partial charge in [0.25, 0.3) is 0 Å². The van der Waals surface area contributed by atoms with Crippen molar-refractivity contribution >= 4 is 16.0 Å². The Morgan fingerprint density at radius 3 is 2.44 bits per heavy atom. The van der Waals surface area contributed by atoms with Gasteiger partial charge in [-0.2, -0.15) is 0 Å². The van der Waals surface area contributed by atoms with Crippen molar-refractivity contribution in [3.63, 3.8) is 0 Å². The van der Waals surface area contributed by atoms with Crippen molar-refractivity contribution in [1.82, 2.24) is 4.72 Å². The molecule has 0 bridgehead atoms. The second-order valence-corrected chi connectivity index (χ2v) is 5.13. The third-order valence-corrected chi connectivity index (χ3v) is 3.56. The summed E-state index contributed by atoms with van der Waals surface area (Å²) in [6, 6.07) is 5.38. The minimum atomic E-state index is -3.64. The van der Waals surface area contributed by atoms with E-state index in [9.17, 15) is 13.2 Å². The first-order valence-corrected chi connectivity index (χ1v) is 6.87. The van der Waals surface area contributed by atoms with E-state index in [4.69, 9.17) is 9.84 Å². The van der Waals surface area contributed by atoms with Gasteiger partial charge in [-0.3, -0.25) is 0 Å². The lowest BCUT2D eigenvalue weighted by Crippen LogP contribution is -2.26. The number of benzene rings is 1. The third-order valence-electron chi connectivity index (χ3n) is 2.08. The molecule has 0 fully saturated rings. The molecule has 1 aromatic rings. The van der Waals surface area contributed by atoms with E-state index < -0.39 is 16.0 Å². The molecule has 0 amide bonds. The number of hydrogen-bond donors (Lipinski definition) is 2. The predicted molar refractivity (Wildman–Crippen MR) is 64.7 cm³/mol. The zero-order valence-electron chi connectivity index (χ0n) is 9.92. The summed E-state index contributed by atoms with van der Waals surface area (Å²) in [5, 5.41) is 8.56. The molecule has 6 nitrogen and oxygen atoms in total. The highest BCUT2D eigenvalue weighted by atomic mass is 32.2. The van der Waals surface area contributed by atoms with Crippen LogP contribution >= 0.6 is 0 Å². The maximum Gasteiger partial charge on any atom is 0.338 e. The highest BCUT2D eigenvalue weighted by Crippen LogP contribution is 2.11. The molecule has 0 unspecified atom stereocenters. The summed E-state index contributed by atoms with van der Waals surface area (Å²) < 4.78 is 30.3. The molecule has 2 N–H and O–H groups in total. The van der Waals surface area contributed by atoms with E-state index in [1.165, 1.54) is 24.3 Å². The normalized spacial score (nSPS) is 11.2. The molecular weight excluding hydrogens is 258 g/mol. The molecule has 0 aliphatic carbocycles. The summed E-state index contributed by atoms with van der Waals surface area (Å²) in [5.41, 5.74) is 0.290. The van der Waals surface area contributed by atoms with E-state index in [2.05, 4.69) is 4.72 Å². The van der Waals surface area contributed by atoms with Crippen LogP contribution in [0.2, 0.25) is 0 Å². The van der Waals surface area contributed by atoms with E-state index >= 15 is 0 Å². The van der Waals surface area contributed by atoms with Gasteiger partial charge in [-0.1, -0.05) is 0 Å². The van der Waals surface area contributed by atoms with Crippen LogP contribution in [-0.4, -0.2) is 39.3 Å². The Labute approximate surface area is 106 Å². The van der Waals surface area contributed by atoms with Crippen molar-refractivity contribution in [1.29, 1.82) is 0 Å². The lowest BCUT2D eigenvalue weighted by atomic mass is 10.2. The van der Waals surface area contributed by atoms with Gasteiger partial charge in [-0.25, -0.2) is 17.9 Å². The highest BCUT2D eigenvalue weighted by Gasteiger charge is 2.14. The third kappa shape index (κ3) is 3.80. The van der Waals surface area contributed by atoms with Gasteiger partial charge in [0.15, 0.2) is 0 Å². The summed E-state index contributed by atoms with van der Waals surface area (Å²) in [6.45, 7) is 1.62. The van der Waals surface area contributed by atoms with Gasteiger partial charge >= 0.3 is 5.97 Å². The Morgan fingerprint density at radius 1 is 1.33 bits per heavy atom. The fourth-order valence-corrected chi connectivity index (χ4v) is 2.27. The summed E-state index contributed by atoms with van der Waals surface area (Å²) in [5.74, 6) is -0.496. The molecule has 0 aliphatic rings. The number of carbonyl (C=O) groups excluding carboxylic acids is 1. The van der Waals surface area contributed by atoms with Crippen molar-refractivity contribution in [2.75, 3.05) is 19.8 Å². The van der Waals surface area contributed by atoms with E-state index in [-0.39, 0.29) is 30.2 Å². The zero-order valence-corrected chi connectivity index (χ0v) is 10.7. The molecule has 0 saturated heterocycles. The van der Waals surface area contributed by atoms with Crippen LogP contribution in [-0.2, 0) is 14.8 Å². The van der Waals surface area contributed by atoms with Gasteiger partial charge in [0.1, 0.15) is 0 Å². The van der Waals surface area contributed by atoms with Gasteiger partial charge in [-0.15, -0.1) is 0 Å². The van der Waals surface area contributed by atoms with E-state index in [1.807, 2.05) is 0 Å². The quantitative estimate of drug-likeness (QED) is 0.719. The van der Waals surface area contributed by atoms with Gasteiger partial charge < -0.3 is 9.84 Å². The van der Waals surface area contributed by atoms with E-state index in [1.54, 1.807) is 6.92 Å². The van der Waals surface area contributed by atoms with Gasteiger partial charge in [0.05, 0.1) is 23.7 Å². The average Bonchev–Trinajstić information content (AvgIpc) is 2.37. The summed E-state index contributed by atoms with van der Waals surface area (Å²) >= 11 is 0. The Morgan fingerprint density at radius 2 is 1.94 bits per heavy atom. The number of carbonyl (C=O) groups is 1. The smallest absolute Gasteiger partial charge is 0.338 e. The molecule has 18 heavy (non-hydrogen) atoms. The van der Waals surface area contributed by atoms with E-state index in [0.717, 1.165) is 0 Å². The first kappa shape index (κ1) is 14.6. The van der Waals surface area contributed by atoms with Crippen molar-refractivity contribution in [3.05, 3.63) is 29.8 Å². The minimum Gasteiger partial charge on any atom is -0.462 e. The molecule has 1 aromatic carbocycles. The fraction of sp³-hybridized carbons (Fsp3) is 0.364. The molecule has 0 spiro atoms. The van der Waals surface area contributed by atoms with Crippen LogP contribution in [0.15, 0.2) is 29.2 Å². The van der Waals surface area contributed by atoms with Crippen molar-refractivity contribution in [3.8, 4) is 0 Å². The second kappa shape index (κ2) is 6.48. The van der Waals surface area contributed by atoms with Gasteiger partial charge in [-0.05, 0) is 31.2 Å². The first-order chi connectivity index (χ1) is 8.51. The van der Waals surface area contributed by atoms with Gasteiger partial charge in [0.2, 0.25) is 10.0 Å². The van der Waals surface area contributed by atoms with Gasteiger partial charge in [0, 0.05) is 6.54 Å². The molecule has 1 rings (SSSR count). The molecule has 0 radical (unpaired) electrons. The Hall–Kier alpha value is -1.44. The summed E-state index contributed by atoms with van der Waals surface area (Å²) in [6.07, 6.45) is 0. The van der Waals surface area contributed by atoms with Crippen molar-refractivity contribution in [2.45, 2.75) is 11.8 Å². The Kier molecular flexibility index (Phi) is 5.26. The predicted octanol–water partition coefficient (Wildman–Crippen LogP) is 0.134. The highest BCUT2D eigenvalue weighted by molar-refractivity contribution is 7.89. The molecule has 0 saturated carbocycles. The lowest BCUT2D eigenvalue weighted by molar-refractivity contribution is 0.0526. The minimum absolute atomic E-state index is 0.0315. The number of hydrogen-bond acceptors (Lipinski definition) is 5. The fourth-order valence-electron chi connectivity index (χ4n) is 1.25. The molecule has 0 aliphatic heterocycles. The lowest BCUT2D eigenvalue weighted by Gasteiger charge is -2.06. The maximum absolute atomic E-state index is 11.7. The summed E-state index contributed by atoms with van der Waals surface area (Å²) in [7, 11) is -3.64. The summed E-state index contributed by atoms with van der Waals surface area (Å²) in [4.78, 5) is 11.4. The van der Waals surface area contributed by atoms with Crippen LogP contribution in [0, 0.1) is 0 Å². The largest absolute Gasteiger partial charge is 0.462 e. The van der Waals surface area contributed by atoms with E-state index in [0.29, 0.717) is 0 Å². The number of ether oxygens (including phenoxy) is 1. The van der Waals surface area contributed by atoms with Crippen LogP contribution in [0.25, 0.3) is 0 Å². The molecule has 0 atom stereocenters. The number of esters is 1. The molecule has 0 aromatic heterocycles. The molecular formula is C11H15NO5S. The van der Waals surface area contributed by atoms with Crippen molar-refractivity contribution < 1.29 is 23.1 Å². The molecule has 7 heteroatoms. The number of aliphatic hydroxyl groups excluding tert-OH is 1. The zero-order chi connectivity index (χ0) is 13.6. The first-order valence-electron chi connectivity index (χ1n) is 5.39. The SMILES string of the molecule is CCOC(=O)c1ccc(S(=O)(=O)NCCO)cc1. The van der Waals surface area contributed by atoms with Crippen LogP contribution in [0.3, 0.4) is 0 Å². The van der Waals surface area contributed by atoms with Crippen LogP contribution in [0.4, 0.5) is 0 Å². The van der Waals surface area contributed by atoms with Crippen LogP contribution in [0.1, 0.15) is 17.3 Å². The molecule has 0 heterocycles. The number of rotatable bonds is 6. The van der Waals surface area contributed by atoms with Crippen molar-refractivity contribution in [2.24, 2.45) is 0 Å². The number of nitrogens with one attached hydrogen (secondary N) is 1. The average molecular weight is 273 g/mol. The standard InChI is InChI=1S/C11H15NO5S/c1-2-17-11(14)9-3-5-10(6-4-9)18(15,16)12-7-8-13/h3-6,12-13H,2,7-8H2,1H3.